The molecule has 0 aliphatic carbocycles. The molecule has 0 saturated heterocycles. The molecule has 0 aliphatic heterocycles. The van der Waals surface area contributed by atoms with Gasteiger partial charge in [0.1, 0.15) is 5.82 Å². The van der Waals surface area contributed by atoms with E-state index in [9.17, 15) is 4.39 Å². The lowest BCUT2D eigenvalue weighted by atomic mass is 10.2. The van der Waals surface area contributed by atoms with Gasteiger partial charge in [0.2, 0.25) is 0 Å². The summed E-state index contributed by atoms with van der Waals surface area (Å²) in [5, 5.41) is 0. The minimum atomic E-state index is -0.0889. The third-order valence-electron chi connectivity index (χ3n) is 1.39. The Labute approximate surface area is 76.4 Å². The molecule has 54 valence electrons. The van der Waals surface area contributed by atoms with Gasteiger partial charge in [-0.2, -0.15) is 0 Å². The Kier molecular flexibility index (Phi) is 2.85. The van der Waals surface area contributed by atoms with Crippen molar-refractivity contribution in [2.75, 3.05) is 0 Å². The van der Waals surface area contributed by atoms with Gasteiger partial charge in [-0.1, -0.05) is 6.07 Å². The van der Waals surface area contributed by atoms with E-state index in [1.54, 1.807) is 6.07 Å². The van der Waals surface area contributed by atoms with E-state index in [0.29, 0.717) is 3.57 Å². The highest BCUT2D eigenvalue weighted by Crippen LogP contribution is 2.11. The van der Waals surface area contributed by atoms with E-state index in [2.05, 4.69) is 0 Å². The summed E-state index contributed by atoms with van der Waals surface area (Å²) in [5.41, 5.74) is 1.12. The van der Waals surface area contributed by atoms with Crippen LogP contribution in [0.4, 0.5) is 4.39 Å². The maximum absolute atomic E-state index is 12.8. The lowest BCUT2D eigenvalue weighted by Gasteiger charge is -1.96. The highest BCUT2D eigenvalue weighted by molar-refractivity contribution is 14.1. The average molecular weight is 266 g/mol. The van der Waals surface area contributed by atoms with Gasteiger partial charge in [0, 0.05) is 13.8 Å². The molecule has 0 aromatic heterocycles. The molecular formula is C7H8FISi. The molecule has 0 atom stereocenters. The van der Waals surface area contributed by atoms with Gasteiger partial charge in [0.25, 0.3) is 0 Å². The van der Waals surface area contributed by atoms with Crippen LogP contribution in [0.2, 0.25) is 0 Å². The molecule has 1 aromatic rings. The largest absolute Gasteiger partial charge is 0.206 e. The van der Waals surface area contributed by atoms with Crippen LogP contribution in [0.5, 0.6) is 0 Å². The topological polar surface area (TPSA) is 0 Å². The van der Waals surface area contributed by atoms with Crippen LogP contribution in [-0.4, -0.2) is 10.2 Å². The fraction of sp³-hybridized carbons (Fsp3) is 0.143. The van der Waals surface area contributed by atoms with Crippen molar-refractivity contribution in [3.05, 3.63) is 33.1 Å². The zero-order valence-corrected chi connectivity index (χ0v) is 9.85. The van der Waals surface area contributed by atoms with Crippen molar-refractivity contribution < 1.29 is 4.39 Å². The molecule has 0 nitrogen and oxygen atoms in total. The number of hydrogen-bond acceptors (Lipinski definition) is 0. The molecule has 0 unspecified atom stereocenters. The van der Waals surface area contributed by atoms with Gasteiger partial charge in [-0.15, -0.1) is 0 Å². The summed E-state index contributed by atoms with van der Waals surface area (Å²) in [5.74, 6) is -0.0889. The number of benzene rings is 1. The highest BCUT2D eigenvalue weighted by Gasteiger charge is 1.97. The van der Waals surface area contributed by atoms with Crippen molar-refractivity contribution in [2.24, 2.45) is 0 Å². The van der Waals surface area contributed by atoms with Crippen molar-refractivity contribution in [3.8, 4) is 0 Å². The highest BCUT2D eigenvalue weighted by atomic mass is 127. The Morgan fingerprint density at radius 2 is 2.20 bits per heavy atom. The van der Waals surface area contributed by atoms with Gasteiger partial charge in [-0.3, -0.25) is 0 Å². The van der Waals surface area contributed by atoms with Crippen LogP contribution in [0.25, 0.3) is 0 Å². The maximum atomic E-state index is 12.8. The Morgan fingerprint density at radius 1 is 1.50 bits per heavy atom. The first-order valence-corrected chi connectivity index (χ1v) is 5.67. The molecule has 0 N–H and O–H groups in total. The van der Waals surface area contributed by atoms with E-state index < -0.39 is 0 Å². The van der Waals surface area contributed by atoms with Crippen molar-refractivity contribution in [3.63, 3.8) is 0 Å². The summed E-state index contributed by atoms with van der Waals surface area (Å²) in [6, 6.07) is 6.46. The fourth-order valence-corrected chi connectivity index (χ4v) is 1.53. The van der Waals surface area contributed by atoms with Crippen LogP contribution in [-0.2, 0) is 6.04 Å². The normalized spacial score (nSPS) is 10.2. The first-order chi connectivity index (χ1) is 4.74. The first kappa shape index (κ1) is 8.20. The molecule has 0 fully saturated rings. The van der Waals surface area contributed by atoms with Gasteiger partial charge in [-0.05, 0) is 46.3 Å². The van der Waals surface area contributed by atoms with Gasteiger partial charge in [-0.25, -0.2) is 4.39 Å². The predicted molar refractivity (Wildman–Crippen MR) is 52.8 cm³/mol. The van der Waals surface area contributed by atoms with Crippen LogP contribution in [0.3, 0.4) is 0 Å². The maximum Gasteiger partial charge on any atom is 0.136 e. The van der Waals surface area contributed by atoms with Gasteiger partial charge < -0.3 is 0 Å². The molecule has 0 bridgehead atoms. The summed E-state index contributed by atoms with van der Waals surface area (Å²) < 4.78 is 13.5. The quantitative estimate of drug-likeness (QED) is 0.531. The standard InChI is InChI=1S/C7H8FISi/c8-6-3-5(4-10)1-2-7(6)9/h1-3H,4H2,10H3. The monoisotopic (exact) mass is 266 g/mol. The zero-order valence-electron chi connectivity index (χ0n) is 5.70. The minimum absolute atomic E-state index is 0.0889. The SMILES string of the molecule is Fc1cc(C[SiH3])ccc1I. The van der Waals surface area contributed by atoms with Crippen LogP contribution in [0, 0.1) is 9.39 Å². The molecule has 0 saturated carbocycles. The Balaban J connectivity index is 3.04. The molecule has 3 heteroatoms. The predicted octanol–water partition coefficient (Wildman–Crippen LogP) is 1.30. The van der Waals surface area contributed by atoms with Crippen LogP contribution >= 0.6 is 22.6 Å². The third kappa shape index (κ3) is 1.79. The summed E-state index contributed by atoms with van der Waals surface area (Å²) in [6.07, 6.45) is 0. The smallest absolute Gasteiger partial charge is 0.136 e. The molecule has 1 rings (SSSR count). The van der Waals surface area contributed by atoms with Crippen molar-refractivity contribution >= 4 is 32.8 Å². The van der Waals surface area contributed by atoms with Gasteiger partial charge in [0.15, 0.2) is 0 Å². The van der Waals surface area contributed by atoms with Gasteiger partial charge in [0.05, 0.1) is 0 Å². The van der Waals surface area contributed by atoms with E-state index in [1.807, 2.05) is 34.7 Å². The molecule has 0 radical (unpaired) electrons. The summed E-state index contributed by atoms with van der Waals surface area (Å²) in [6.45, 7) is 0. The van der Waals surface area contributed by atoms with Crippen molar-refractivity contribution in [1.29, 1.82) is 0 Å². The molecule has 0 amide bonds. The van der Waals surface area contributed by atoms with Crippen molar-refractivity contribution in [1.82, 2.24) is 0 Å². The van der Waals surface area contributed by atoms with Crippen LogP contribution < -0.4 is 0 Å². The van der Waals surface area contributed by atoms with E-state index in [1.165, 1.54) is 0 Å². The Bertz CT molecular complexity index is 237. The first-order valence-electron chi connectivity index (χ1n) is 3.18. The minimum Gasteiger partial charge on any atom is -0.206 e. The number of rotatable bonds is 1. The summed E-state index contributed by atoms with van der Waals surface area (Å²) in [7, 11) is 1.10. The fourth-order valence-electron chi connectivity index (χ4n) is 0.760. The third-order valence-corrected chi connectivity index (χ3v) is 3.08. The molecule has 1 aromatic carbocycles. The van der Waals surface area contributed by atoms with E-state index in [0.717, 1.165) is 21.9 Å². The second kappa shape index (κ2) is 3.48. The zero-order chi connectivity index (χ0) is 7.56. The molecule has 0 aliphatic rings. The van der Waals surface area contributed by atoms with E-state index in [4.69, 9.17) is 0 Å². The molecular weight excluding hydrogens is 258 g/mol. The Hall–Kier alpha value is 0.0969. The second-order valence-corrected chi connectivity index (χ2v) is 3.97. The van der Waals surface area contributed by atoms with E-state index >= 15 is 0 Å². The molecule has 0 heterocycles. The van der Waals surface area contributed by atoms with Crippen molar-refractivity contribution in [2.45, 2.75) is 6.04 Å². The van der Waals surface area contributed by atoms with Crippen LogP contribution in [0.1, 0.15) is 5.56 Å². The summed E-state index contributed by atoms with van der Waals surface area (Å²) >= 11 is 1.99. The van der Waals surface area contributed by atoms with E-state index in [-0.39, 0.29) is 5.82 Å². The summed E-state index contributed by atoms with van der Waals surface area (Å²) in [4.78, 5) is 0. The molecule has 0 spiro atoms. The molecule has 10 heavy (non-hydrogen) atoms. The lowest BCUT2D eigenvalue weighted by molar-refractivity contribution is 0.619. The second-order valence-electron chi connectivity index (χ2n) is 2.10. The number of hydrogen-bond donors (Lipinski definition) is 0. The van der Waals surface area contributed by atoms with Crippen LogP contribution in [0.15, 0.2) is 18.2 Å². The Morgan fingerprint density at radius 3 is 2.70 bits per heavy atom. The number of halogens is 2. The lowest BCUT2D eigenvalue weighted by Crippen LogP contribution is -1.87. The average Bonchev–Trinajstić information content (AvgIpc) is 1.95. The van der Waals surface area contributed by atoms with Gasteiger partial charge >= 0.3 is 0 Å².